The molecule has 3 heteroatoms. The summed E-state index contributed by atoms with van der Waals surface area (Å²) in [5.74, 6) is 0. The van der Waals surface area contributed by atoms with Gasteiger partial charge in [-0.1, -0.05) is 29.9 Å². The number of nitrogens with two attached hydrogens (primary N) is 1. The van der Waals surface area contributed by atoms with Crippen molar-refractivity contribution in [1.82, 2.24) is 0 Å². The van der Waals surface area contributed by atoms with Crippen molar-refractivity contribution in [2.45, 2.75) is 11.8 Å². The number of benzene rings is 1. The van der Waals surface area contributed by atoms with Gasteiger partial charge in [0.2, 0.25) is 0 Å². The second-order valence-electron chi connectivity index (χ2n) is 2.49. The zero-order valence-electron chi connectivity index (χ0n) is 6.80. The van der Waals surface area contributed by atoms with Gasteiger partial charge in [0.15, 0.2) is 0 Å². The molecule has 0 saturated heterocycles. The third kappa shape index (κ3) is 2.47. The maximum atomic E-state index is 5.80. The predicted octanol–water partition coefficient (Wildman–Crippen LogP) is 3.55. The third-order valence-electron chi connectivity index (χ3n) is 1.26. The molecule has 0 bridgehead atoms. The summed E-state index contributed by atoms with van der Waals surface area (Å²) in [7, 11) is 0. The van der Waals surface area contributed by atoms with Gasteiger partial charge in [-0.3, -0.25) is 0 Å². The van der Waals surface area contributed by atoms with E-state index in [0.29, 0.717) is 5.02 Å². The molecule has 64 valence electrons. The molecule has 0 fully saturated rings. The molecular formula is C9H10ClNS. The van der Waals surface area contributed by atoms with E-state index in [2.05, 4.69) is 6.58 Å². The second-order valence-corrected chi connectivity index (χ2v) is 4.26. The number of hydrogen-bond acceptors (Lipinski definition) is 2. The van der Waals surface area contributed by atoms with Gasteiger partial charge in [0.05, 0.1) is 0 Å². The lowest BCUT2D eigenvalue weighted by molar-refractivity contribution is 1.46. The van der Waals surface area contributed by atoms with Crippen molar-refractivity contribution in [3.63, 3.8) is 0 Å². The van der Waals surface area contributed by atoms with Crippen LogP contribution in [0.3, 0.4) is 0 Å². The van der Waals surface area contributed by atoms with Gasteiger partial charge in [-0.25, -0.2) is 0 Å². The van der Waals surface area contributed by atoms with E-state index in [0.717, 1.165) is 15.5 Å². The van der Waals surface area contributed by atoms with Crippen LogP contribution < -0.4 is 5.73 Å². The molecule has 0 saturated carbocycles. The summed E-state index contributed by atoms with van der Waals surface area (Å²) in [6, 6.07) is 5.42. The molecule has 0 amide bonds. The van der Waals surface area contributed by atoms with E-state index >= 15 is 0 Å². The van der Waals surface area contributed by atoms with E-state index in [1.807, 2.05) is 13.0 Å². The average molecular weight is 200 g/mol. The van der Waals surface area contributed by atoms with Crippen LogP contribution in [0.4, 0.5) is 5.69 Å². The van der Waals surface area contributed by atoms with Crippen molar-refractivity contribution < 1.29 is 0 Å². The van der Waals surface area contributed by atoms with Crippen LogP contribution in [0.15, 0.2) is 34.6 Å². The Morgan fingerprint density at radius 1 is 1.58 bits per heavy atom. The smallest absolute Gasteiger partial charge is 0.0456 e. The first-order chi connectivity index (χ1) is 5.59. The fraction of sp³-hybridized carbons (Fsp3) is 0.111. The minimum absolute atomic E-state index is 0.702. The van der Waals surface area contributed by atoms with E-state index in [9.17, 15) is 0 Å². The van der Waals surface area contributed by atoms with Crippen LogP contribution in [0.25, 0.3) is 0 Å². The van der Waals surface area contributed by atoms with Crippen molar-refractivity contribution in [3.8, 4) is 0 Å². The molecule has 0 heterocycles. The Morgan fingerprint density at radius 2 is 2.25 bits per heavy atom. The summed E-state index contributed by atoms with van der Waals surface area (Å²) < 4.78 is 0. The van der Waals surface area contributed by atoms with Crippen molar-refractivity contribution >= 4 is 29.1 Å². The van der Waals surface area contributed by atoms with Crippen LogP contribution in [-0.2, 0) is 0 Å². The monoisotopic (exact) mass is 199 g/mol. The number of rotatable bonds is 2. The average Bonchev–Trinajstić information content (AvgIpc) is 1.96. The van der Waals surface area contributed by atoms with E-state index in [-0.39, 0.29) is 0 Å². The molecule has 0 spiro atoms. The first-order valence-electron chi connectivity index (χ1n) is 3.48. The predicted molar refractivity (Wildman–Crippen MR) is 56.5 cm³/mol. The van der Waals surface area contributed by atoms with Crippen LogP contribution >= 0.6 is 23.4 Å². The van der Waals surface area contributed by atoms with Crippen LogP contribution in [0, 0.1) is 0 Å². The number of allylic oxidation sites excluding steroid dienone is 1. The third-order valence-corrected chi connectivity index (χ3v) is 2.42. The number of hydrogen-bond donors (Lipinski definition) is 1. The van der Waals surface area contributed by atoms with E-state index in [1.54, 1.807) is 12.1 Å². The molecule has 0 atom stereocenters. The van der Waals surface area contributed by atoms with Crippen LogP contribution in [0.5, 0.6) is 0 Å². The number of halogens is 1. The number of anilines is 1. The molecule has 0 radical (unpaired) electrons. The first kappa shape index (κ1) is 9.49. The van der Waals surface area contributed by atoms with Gasteiger partial charge in [-0.15, -0.1) is 0 Å². The molecule has 1 aromatic rings. The van der Waals surface area contributed by atoms with E-state index < -0.39 is 0 Å². The normalized spacial score (nSPS) is 9.83. The first-order valence-corrected chi connectivity index (χ1v) is 4.67. The summed E-state index contributed by atoms with van der Waals surface area (Å²) in [5.41, 5.74) is 6.46. The van der Waals surface area contributed by atoms with Crippen molar-refractivity contribution in [2.75, 3.05) is 5.73 Å². The van der Waals surface area contributed by atoms with Crippen LogP contribution in [0.2, 0.25) is 5.02 Å². The summed E-state index contributed by atoms with van der Waals surface area (Å²) in [5, 5.41) is 0.702. The Kier molecular flexibility index (Phi) is 3.06. The van der Waals surface area contributed by atoms with Crippen molar-refractivity contribution in [3.05, 3.63) is 34.7 Å². The van der Waals surface area contributed by atoms with Gasteiger partial charge in [-0.05, 0) is 30.0 Å². The lowest BCUT2D eigenvalue weighted by Crippen LogP contribution is -1.87. The Morgan fingerprint density at radius 3 is 2.83 bits per heavy atom. The summed E-state index contributed by atoms with van der Waals surface area (Å²) >= 11 is 7.34. The van der Waals surface area contributed by atoms with Crippen molar-refractivity contribution in [1.29, 1.82) is 0 Å². The molecule has 0 unspecified atom stereocenters. The number of nitrogen functional groups attached to an aromatic ring is 1. The zero-order chi connectivity index (χ0) is 9.14. The molecule has 0 aliphatic rings. The molecule has 1 rings (SSSR count). The van der Waals surface area contributed by atoms with Gasteiger partial charge < -0.3 is 5.73 Å². The minimum atomic E-state index is 0.702. The summed E-state index contributed by atoms with van der Waals surface area (Å²) in [6.45, 7) is 5.72. The fourth-order valence-electron chi connectivity index (χ4n) is 0.784. The quantitative estimate of drug-likeness (QED) is 0.583. The van der Waals surface area contributed by atoms with Gasteiger partial charge in [-0.2, -0.15) is 0 Å². The Bertz CT molecular complexity index is 309. The highest BCUT2D eigenvalue weighted by atomic mass is 35.5. The van der Waals surface area contributed by atoms with Gasteiger partial charge >= 0.3 is 0 Å². The minimum Gasteiger partial charge on any atom is -0.398 e. The number of thioether (sulfide) groups is 1. The Labute approximate surface area is 81.6 Å². The van der Waals surface area contributed by atoms with Crippen LogP contribution in [0.1, 0.15) is 6.92 Å². The maximum absolute atomic E-state index is 5.80. The molecule has 2 N–H and O–H groups in total. The van der Waals surface area contributed by atoms with Crippen LogP contribution in [-0.4, -0.2) is 0 Å². The maximum Gasteiger partial charge on any atom is 0.0456 e. The summed E-state index contributed by atoms with van der Waals surface area (Å²) in [6.07, 6.45) is 0. The summed E-state index contributed by atoms with van der Waals surface area (Å²) in [4.78, 5) is 1.97. The lowest BCUT2D eigenvalue weighted by atomic mass is 10.3. The molecule has 1 aromatic carbocycles. The molecule has 0 aromatic heterocycles. The highest BCUT2D eigenvalue weighted by Crippen LogP contribution is 2.31. The van der Waals surface area contributed by atoms with Gasteiger partial charge in [0, 0.05) is 15.6 Å². The zero-order valence-corrected chi connectivity index (χ0v) is 8.38. The van der Waals surface area contributed by atoms with E-state index in [1.165, 1.54) is 11.8 Å². The highest BCUT2D eigenvalue weighted by Gasteiger charge is 2.00. The molecule has 0 aliphatic carbocycles. The SMILES string of the molecule is C=C(C)Sc1cc(Cl)ccc1N. The Hall–Kier alpha value is -0.600. The largest absolute Gasteiger partial charge is 0.398 e. The van der Waals surface area contributed by atoms with Gasteiger partial charge in [0.25, 0.3) is 0 Å². The Balaban J connectivity index is 2.97. The van der Waals surface area contributed by atoms with Gasteiger partial charge in [0.1, 0.15) is 0 Å². The second kappa shape index (κ2) is 3.87. The lowest BCUT2D eigenvalue weighted by Gasteiger charge is -2.04. The molecule has 0 aliphatic heterocycles. The van der Waals surface area contributed by atoms with Crippen molar-refractivity contribution in [2.24, 2.45) is 0 Å². The molecule has 1 nitrogen and oxygen atoms in total. The highest BCUT2D eigenvalue weighted by molar-refractivity contribution is 8.03. The van der Waals surface area contributed by atoms with E-state index in [4.69, 9.17) is 17.3 Å². The fourth-order valence-corrected chi connectivity index (χ4v) is 1.77. The molecule has 12 heavy (non-hydrogen) atoms. The molecular weight excluding hydrogens is 190 g/mol. The topological polar surface area (TPSA) is 26.0 Å². The standard InChI is InChI=1S/C9H10ClNS/c1-6(2)12-9-5-7(10)3-4-8(9)11/h3-5H,1,11H2,2H3.